The summed E-state index contributed by atoms with van der Waals surface area (Å²) in [4.78, 5) is 4.49. The van der Waals surface area contributed by atoms with Gasteiger partial charge in [0.2, 0.25) is 0 Å². The highest BCUT2D eigenvalue weighted by atomic mass is 127. The first kappa shape index (κ1) is 23.8. The minimum absolute atomic E-state index is 0. The third kappa shape index (κ3) is 8.62. The van der Waals surface area contributed by atoms with Gasteiger partial charge in [0.1, 0.15) is 0 Å². The van der Waals surface area contributed by atoms with E-state index in [0.29, 0.717) is 26.4 Å². The van der Waals surface area contributed by atoms with Gasteiger partial charge < -0.3 is 24.8 Å². The zero-order chi connectivity index (χ0) is 17.8. The summed E-state index contributed by atoms with van der Waals surface area (Å²) in [6, 6.07) is 6.10. The Morgan fingerprint density at radius 1 is 1.12 bits per heavy atom. The Kier molecular flexibility index (Phi) is 13.3. The van der Waals surface area contributed by atoms with Crippen LogP contribution in [0.2, 0.25) is 0 Å². The first-order valence-electron chi connectivity index (χ1n) is 8.59. The number of rotatable bonds is 10. The van der Waals surface area contributed by atoms with Crippen LogP contribution in [0, 0.1) is 0 Å². The molecule has 0 aliphatic carbocycles. The lowest BCUT2D eigenvalue weighted by Crippen LogP contribution is -2.39. The lowest BCUT2D eigenvalue weighted by Gasteiger charge is -2.20. The van der Waals surface area contributed by atoms with Gasteiger partial charge in [-0.05, 0) is 45.4 Å². The molecule has 0 saturated carbocycles. The molecule has 1 aromatic rings. The third-order valence-corrected chi connectivity index (χ3v) is 3.33. The van der Waals surface area contributed by atoms with E-state index in [4.69, 9.17) is 14.2 Å². The third-order valence-electron chi connectivity index (χ3n) is 3.33. The van der Waals surface area contributed by atoms with E-state index in [2.05, 4.69) is 22.5 Å². The standard InChI is InChI=1S/C18H31N3O3.HI/c1-6-19-18(20-11-12-22-5)21-14(4)15-9-10-16(23-7-2)17(13-15)24-8-3;/h9-10,13-14H,6-8,11-12H2,1-5H3,(H2,19,20,21);1H. The normalized spacial score (nSPS) is 12.1. The van der Waals surface area contributed by atoms with Crippen molar-refractivity contribution in [3.63, 3.8) is 0 Å². The van der Waals surface area contributed by atoms with E-state index in [9.17, 15) is 0 Å². The van der Waals surface area contributed by atoms with Gasteiger partial charge in [-0.3, -0.25) is 4.99 Å². The predicted molar refractivity (Wildman–Crippen MR) is 114 cm³/mol. The molecule has 0 amide bonds. The number of hydrogen-bond donors (Lipinski definition) is 2. The van der Waals surface area contributed by atoms with Gasteiger partial charge >= 0.3 is 0 Å². The fourth-order valence-corrected chi connectivity index (χ4v) is 2.19. The van der Waals surface area contributed by atoms with E-state index in [1.54, 1.807) is 7.11 Å². The summed E-state index contributed by atoms with van der Waals surface area (Å²) in [5, 5.41) is 6.64. The zero-order valence-electron chi connectivity index (χ0n) is 15.9. The average Bonchev–Trinajstić information content (AvgIpc) is 2.57. The van der Waals surface area contributed by atoms with Gasteiger partial charge in [-0.1, -0.05) is 6.07 Å². The molecule has 0 saturated heterocycles. The lowest BCUT2D eigenvalue weighted by molar-refractivity contribution is 0.208. The summed E-state index contributed by atoms with van der Waals surface area (Å²) >= 11 is 0. The minimum Gasteiger partial charge on any atom is -0.490 e. The maximum absolute atomic E-state index is 5.70. The van der Waals surface area contributed by atoms with Gasteiger partial charge in [0.05, 0.1) is 32.4 Å². The van der Waals surface area contributed by atoms with E-state index < -0.39 is 0 Å². The van der Waals surface area contributed by atoms with Crippen LogP contribution in [-0.2, 0) is 4.74 Å². The van der Waals surface area contributed by atoms with Crippen LogP contribution < -0.4 is 20.1 Å². The van der Waals surface area contributed by atoms with E-state index in [1.807, 2.05) is 39.0 Å². The molecule has 0 aliphatic rings. The number of guanidine groups is 1. The number of ether oxygens (including phenoxy) is 3. The molecule has 1 aromatic carbocycles. The molecule has 0 radical (unpaired) electrons. The number of aliphatic imine (C=N–C) groups is 1. The Morgan fingerprint density at radius 2 is 1.80 bits per heavy atom. The molecule has 1 unspecified atom stereocenters. The molecule has 0 bridgehead atoms. The molecular formula is C18H32IN3O3. The quantitative estimate of drug-likeness (QED) is 0.240. The summed E-state index contributed by atoms with van der Waals surface area (Å²) in [5.74, 6) is 2.32. The van der Waals surface area contributed by atoms with Crippen LogP contribution in [0.15, 0.2) is 23.2 Å². The molecule has 0 spiro atoms. The van der Waals surface area contributed by atoms with Crippen LogP contribution in [0.1, 0.15) is 39.3 Å². The van der Waals surface area contributed by atoms with Crippen molar-refractivity contribution in [2.75, 3.05) is 40.0 Å². The lowest BCUT2D eigenvalue weighted by atomic mass is 10.1. The Morgan fingerprint density at radius 3 is 2.40 bits per heavy atom. The molecule has 144 valence electrons. The van der Waals surface area contributed by atoms with Crippen molar-refractivity contribution < 1.29 is 14.2 Å². The van der Waals surface area contributed by atoms with Gasteiger partial charge in [0.15, 0.2) is 17.5 Å². The monoisotopic (exact) mass is 465 g/mol. The Hall–Kier alpha value is -1.22. The fourth-order valence-electron chi connectivity index (χ4n) is 2.19. The molecule has 6 nitrogen and oxygen atoms in total. The molecule has 1 rings (SSSR count). The molecule has 0 fully saturated rings. The van der Waals surface area contributed by atoms with Gasteiger partial charge in [-0.2, -0.15) is 0 Å². The number of halogens is 1. The molecule has 7 heteroatoms. The number of nitrogens with zero attached hydrogens (tertiary/aromatic N) is 1. The topological polar surface area (TPSA) is 64.1 Å². The van der Waals surface area contributed by atoms with Crippen molar-refractivity contribution >= 4 is 29.9 Å². The second-order valence-corrected chi connectivity index (χ2v) is 5.19. The second-order valence-electron chi connectivity index (χ2n) is 5.19. The van der Waals surface area contributed by atoms with Crippen LogP contribution in [0.25, 0.3) is 0 Å². The van der Waals surface area contributed by atoms with Crippen LogP contribution >= 0.6 is 24.0 Å². The van der Waals surface area contributed by atoms with Gasteiger partial charge in [0.25, 0.3) is 0 Å². The van der Waals surface area contributed by atoms with Crippen LogP contribution in [0.4, 0.5) is 0 Å². The Balaban J connectivity index is 0.00000576. The molecule has 2 N–H and O–H groups in total. The highest BCUT2D eigenvalue weighted by Crippen LogP contribution is 2.30. The first-order valence-corrected chi connectivity index (χ1v) is 8.59. The summed E-state index contributed by atoms with van der Waals surface area (Å²) in [6.45, 7) is 11.3. The molecule has 1 atom stereocenters. The Labute approximate surface area is 168 Å². The van der Waals surface area contributed by atoms with E-state index in [-0.39, 0.29) is 30.0 Å². The smallest absolute Gasteiger partial charge is 0.191 e. The van der Waals surface area contributed by atoms with Gasteiger partial charge in [-0.25, -0.2) is 0 Å². The fraction of sp³-hybridized carbons (Fsp3) is 0.611. The first-order chi connectivity index (χ1) is 11.7. The zero-order valence-corrected chi connectivity index (χ0v) is 18.3. The summed E-state index contributed by atoms with van der Waals surface area (Å²) < 4.78 is 16.4. The largest absolute Gasteiger partial charge is 0.490 e. The van der Waals surface area contributed by atoms with Gasteiger partial charge in [-0.15, -0.1) is 24.0 Å². The number of benzene rings is 1. The van der Waals surface area contributed by atoms with Crippen molar-refractivity contribution in [3.8, 4) is 11.5 Å². The van der Waals surface area contributed by atoms with Crippen LogP contribution in [-0.4, -0.2) is 46.0 Å². The minimum atomic E-state index is 0. The highest BCUT2D eigenvalue weighted by molar-refractivity contribution is 14.0. The maximum Gasteiger partial charge on any atom is 0.191 e. The van der Waals surface area contributed by atoms with Gasteiger partial charge in [0, 0.05) is 13.7 Å². The summed E-state index contributed by atoms with van der Waals surface area (Å²) in [7, 11) is 1.67. The number of nitrogens with one attached hydrogen (secondary N) is 2. The van der Waals surface area contributed by atoms with E-state index in [0.717, 1.165) is 29.6 Å². The highest BCUT2D eigenvalue weighted by Gasteiger charge is 2.12. The van der Waals surface area contributed by atoms with Crippen LogP contribution in [0.5, 0.6) is 11.5 Å². The number of hydrogen-bond acceptors (Lipinski definition) is 4. The molecule has 0 aliphatic heterocycles. The number of methoxy groups -OCH3 is 1. The molecule has 0 heterocycles. The average molecular weight is 465 g/mol. The predicted octanol–water partition coefficient (Wildman–Crippen LogP) is 3.36. The van der Waals surface area contributed by atoms with E-state index >= 15 is 0 Å². The maximum atomic E-state index is 5.70. The van der Waals surface area contributed by atoms with Crippen LogP contribution in [0.3, 0.4) is 0 Å². The van der Waals surface area contributed by atoms with Crippen molar-refractivity contribution in [1.29, 1.82) is 0 Å². The van der Waals surface area contributed by atoms with E-state index in [1.165, 1.54) is 0 Å². The summed E-state index contributed by atoms with van der Waals surface area (Å²) in [6.07, 6.45) is 0. The van der Waals surface area contributed by atoms with Crippen molar-refractivity contribution in [1.82, 2.24) is 10.6 Å². The SMILES string of the molecule is CCNC(=NCCOC)NC(C)c1ccc(OCC)c(OCC)c1.I. The molecule has 25 heavy (non-hydrogen) atoms. The Bertz CT molecular complexity index is 512. The molecular weight excluding hydrogens is 433 g/mol. The van der Waals surface area contributed by atoms with Crippen molar-refractivity contribution in [2.45, 2.75) is 33.7 Å². The van der Waals surface area contributed by atoms with Crippen molar-refractivity contribution in [3.05, 3.63) is 23.8 Å². The van der Waals surface area contributed by atoms with Crippen molar-refractivity contribution in [2.24, 2.45) is 4.99 Å². The second kappa shape index (κ2) is 14.0. The summed E-state index contributed by atoms with van der Waals surface area (Å²) in [5.41, 5.74) is 1.11. The molecule has 0 aromatic heterocycles.